The highest BCUT2D eigenvalue weighted by Gasteiger charge is 2.30. The topological polar surface area (TPSA) is 87.2 Å². The fraction of sp³-hybridized carbons (Fsp3) is 0.429. The van der Waals surface area contributed by atoms with Gasteiger partial charge in [0.15, 0.2) is 5.82 Å². The second-order valence-electron chi connectivity index (χ2n) is 7.76. The van der Waals surface area contributed by atoms with Crippen LogP contribution in [-0.2, 0) is 9.59 Å². The van der Waals surface area contributed by atoms with Gasteiger partial charge in [-0.05, 0) is 56.0 Å². The van der Waals surface area contributed by atoms with E-state index in [0.29, 0.717) is 17.6 Å². The average Bonchev–Trinajstić information content (AvgIpc) is 3.59. The van der Waals surface area contributed by atoms with Gasteiger partial charge in [0.2, 0.25) is 11.8 Å². The standard InChI is InChI=1S/C21H23ClFN5O2S/c22-14-3-6-17(16(23)10-14)25-19(29)12-31-20-8-7-18(26-27-20)28-9-1-2-13(11-28)21(30)24-15-4-5-15/h3,6-8,10,13,15H,1-2,4-5,9,11-12H2,(H,24,30)(H,25,29)/t13-/m1/s1. The van der Waals surface area contributed by atoms with Gasteiger partial charge < -0.3 is 15.5 Å². The maximum Gasteiger partial charge on any atom is 0.234 e. The normalized spacial score (nSPS) is 18.5. The van der Waals surface area contributed by atoms with Gasteiger partial charge in [-0.1, -0.05) is 23.4 Å². The number of nitrogens with one attached hydrogen (secondary N) is 2. The molecule has 1 saturated carbocycles. The van der Waals surface area contributed by atoms with Crippen LogP contribution in [-0.4, -0.2) is 46.9 Å². The minimum atomic E-state index is -0.583. The van der Waals surface area contributed by atoms with Gasteiger partial charge in [-0.25, -0.2) is 4.39 Å². The number of rotatable bonds is 7. The maximum atomic E-state index is 13.8. The highest BCUT2D eigenvalue weighted by Crippen LogP contribution is 2.25. The van der Waals surface area contributed by atoms with Crippen molar-refractivity contribution in [3.63, 3.8) is 0 Å². The van der Waals surface area contributed by atoms with Crippen molar-refractivity contribution >= 4 is 46.7 Å². The molecule has 1 aromatic heterocycles. The zero-order chi connectivity index (χ0) is 21.8. The number of hydrogen-bond acceptors (Lipinski definition) is 6. The molecule has 2 N–H and O–H groups in total. The Morgan fingerprint density at radius 1 is 1.19 bits per heavy atom. The van der Waals surface area contributed by atoms with Crippen molar-refractivity contribution < 1.29 is 14.0 Å². The molecule has 2 amide bonds. The number of amides is 2. The van der Waals surface area contributed by atoms with Gasteiger partial charge in [-0.15, -0.1) is 10.2 Å². The highest BCUT2D eigenvalue weighted by molar-refractivity contribution is 7.99. The van der Waals surface area contributed by atoms with Crippen LogP contribution in [0.3, 0.4) is 0 Å². The summed E-state index contributed by atoms with van der Waals surface area (Å²) in [6.07, 6.45) is 3.99. The van der Waals surface area contributed by atoms with Crippen LogP contribution in [0.1, 0.15) is 25.7 Å². The van der Waals surface area contributed by atoms with Crippen molar-refractivity contribution in [2.24, 2.45) is 5.92 Å². The number of benzene rings is 1. The predicted molar refractivity (Wildman–Crippen MR) is 119 cm³/mol. The largest absolute Gasteiger partial charge is 0.354 e. The van der Waals surface area contributed by atoms with Gasteiger partial charge >= 0.3 is 0 Å². The molecule has 2 aromatic rings. The summed E-state index contributed by atoms with van der Waals surface area (Å²) in [6, 6.07) is 8.11. The Balaban J connectivity index is 1.27. The van der Waals surface area contributed by atoms with Gasteiger partial charge in [0, 0.05) is 24.2 Å². The molecular formula is C21H23ClFN5O2S. The van der Waals surface area contributed by atoms with Crippen LogP contribution in [0.4, 0.5) is 15.9 Å². The Morgan fingerprint density at radius 2 is 2.03 bits per heavy atom. The van der Waals surface area contributed by atoms with Crippen LogP contribution in [0.15, 0.2) is 35.4 Å². The van der Waals surface area contributed by atoms with Gasteiger partial charge in [0.1, 0.15) is 10.8 Å². The van der Waals surface area contributed by atoms with Crippen LogP contribution < -0.4 is 15.5 Å². The Hall–Kier alpha value is -2.39. The van der Waals surface area contributed by atoms with E-state index in [1.54, 1.807) is 6.07 Å². The van der Waals surface area contributed by atoms with E-state index >= 15 is 0 Å². The summed E-state index contributed by atoms with van der Waals surface area (Å²) < 4.78 is 13.8. The van der Waals surface area contributed by atoms with E-state index in [0.717, 1.165) is 44.1 Å². The second-order valence-corrected chi connectivity index (χ2v) is 9.19. The summed E-state index contributed by atoms with van der Waals surface area (Å²) in [7, 11) is 0. The van der Waals surface area contributed by atoms with Crippen molar-refractivity contribution in [2.45, 2.75) is 36.8 Å². The molecule has 7 nitrogen and oxygen atoms in total. The number of aromatic nitrogens is 2. The van der Waals surface area contributed by atoms with Gasteiger partial charge in [0.25, 0.3) is 0 Å². The zero-order valence-corrected chi connectivity index (χ0v) is 18.4. The first-order valence-electron chi connectivity index (χ1n) is 10.2. The average molecular weight is 464 g/mol. The van der Waals surface area contributed by atoms with E-state index < -0.39 is 5.82 Å². The van der Waals surface area contributed by atoms with Crippen LogP contribution in [0.25, 0.3) is 0 Å². The molecule has 4 rings (SSSR count). The van der Waals surface area contributed by atoms with Crippen molar-refractivity contribution in [2.75, 3.05) is 29.1 Å². The predicted octanol–water partition coefficient (Wildman–Crippen LogP) is 3.49. The number of halogens is 2. The molecule has 0 bridgehead atoms. The summed E-state index contributed by atoms with van der Waals surface area (Å²) in [5.41, 5.74) is 0.0850. The molecule has 1 aromatic carbocycles. The zero-order valence-electron chi connectivity index (χ0n) is 16.8. The first-order valence-corrected chi connectivity index (χ1v) is 11.6. The molecular weight excluding hydrogens is 441 g/mol. The van der Waals surface area contributed by atoms with Gasteiger partial charge in [-0.3, -0.25) is 9.59 Å². The molecule has 0 unspecified atom stereocenters. The summed E-state index contributed by atoms with van der Waals surface area (Å²) in [4.78, 5) is 26.5. The van der Waals surface area contributed by atoms with E-state index in [1.165, 1.54) is 23.9 Å². The Morgan fingerprint density at radius 3 is 2.74 bits per heavy atom. The van der Waals surface area contributed by atoms with Crippen LogP contribution in [0.2, 0.25) is 5.02 Å². The molecule has 1 aliphatic carbocycles. The number of thioether (sulfide) groups is 1. The molecule has 10 heteroatoms. The smallest absolute Gasteiger partial charge is 0.234 e. The van der Waals surface area contributed by atoms with E-state index in [2.05, 4.69) is 25.7 Å². The van der Waals surface area contributed by atoms with Crippen LogP contribution in [0.5, 0.6) is 0 Å². The monoisotopic (exact) mass is 463 g/mol. The highest BCUT2D eigenvalue weighted by atomic mass is 35.5. The minimum Gasteiger partial charge on any atom is -0.354 e. The summed E-state index contributed by atoms with van der Waals surface area (Å²) in [5.74, 6) is -0.0275. The number of piperidine rings is 1. The molecule has 1 aliphatic heterocycles. The molecule has 1 saturated heterocycles. The molecule has 164 valence electrons. The lowest BCUT2D eigenvalue weighted by atomic mass is 9.97. The number of hydrogen-bond donors (Lipinski definition) is 2. The third-order valence-electron chi connectivity index (χ3n) is 5.22. The lowest BCUT2D eigenvalue weighted by molar-refractivity contribution is -0.125. The van der Waals surface area contributed by atoms with Crippen LogP contribution >= 0.6 is 23.4 Å². The lowest BCUT2D eigenvalue weighted by Crippen LogP contribution is -2.44. The summed E-state index contributed by atoms with van der Waals surface area (Å²) in [6.45, 7) is 1.47. The SMILES string of the molecule is O=C(CSc1ccc(N2CCC[C@@H](C(=O)NC3CC3)C2)nn1)Nc1ccc(Cl)cc1F. The summed E-state index contributed by atoms with van der Waals surface area (Å²) >= 11 is 6.93. The first kappa shape index (κ1) is 21.8. The van der Waals surface area contributed by atoms with Crippen molar-refractivity contribution in [1.29, 1.82) is 0 Å². The van der Waals surface area contributed by atoms with Crippen molar-refractivity contribution in [1.82, 2.24) is 15.5 Å². The number of nitrogens with zero attached hydrogens (tertiary/aromatic N) is 3. The molecule has 1 atom stereocenters. The summed E-state index contributed by atoms with van der Waals surface area (Å²) in [5, 5.41) is 14.9. The molecule has 0 radical (unpaired) electrons. The molecule has 31 heavy (non-hydrogen) atoms. The Labute approximate surface area is 189 Å². The van der Waals surface area contributed by atoms with Gasteiger partial charge in [0.05, 0.1) is 17.4 Å². The Bertz CT molecular complexity index is 957. The van der Waals surface area contributed by atoms with Crippen LogP contribution in [0, 0.1) is 11.7 Å². The maximum absolute atomic E-state index is 13.8. The fourth-order valence-electron chi connectivity index (χ4n) is 3.42. The number of carbonyl (C=O) groups is 2. The molecule has 2 heterocycles. The quantitative estimate of drug-likeness (QED) is 0.611. The van der Waals surface area contributed by atoms with E-state index in [4.69, 9.17) is 11.6 Å². The second kappa shape index (κ2) is 9.82. The van der Waals surface area contributed by atoms with E-state index in [1.807, 2.05) is 6.07 Å². The lowest BCUT2D eigenvalue weighted by Gasteiger charge is -2.32. The van der Waals surface area contributed by atoms with E-state index in [-0.39, 0.29) is 34.2 Å². The van der Waals surface area contributed by atoms with Gasteiger partial charge in [-0.2, -0.15) is 0 Å². The minimum absolute atomic E-state index is 0.0258. The fourth-order valence-corrected chi connectivity index (χ4v) is 4.19. The third-order valence-corrected chi connectivity index (χ3v) is 6.38. The van der Waals surface area contributed by atoms with Crippen molar-refractivity contribution in [3.8, 4) is 0 Å². The van der Waals surface area contributed by atoms with Crippen molar-refractivity contribution in [3.05, 3.63) is 41.2 Å². The molecule has 2 aliphatic rings. The number of carbonyl (C=O) groups excluding carboxylic acids is 2. The van der Waals surface area contributed by atoms with E-state index in [9.17, 15) is 14.0 Å². The molecule has 0 spiro atoms. The molecule has 2 fully saturated rings. The first-order chi connectivity index (χ1) is 15.0. The Kier molecular flexibility index (Phi) is 6.92. The number of anilines is 2. The third kappa shape index (κ3) is 6.07.